The van der Waals surface area contributed by atoms with Gasteiger partial charge in [-0.1, -0.05) is 115 Å². The second-order valence-corrected chi connectivity index (χ2v) is 16.3. The predicted octanol–water partition coefficient (Wildman–Crippen LogP) is 15.3. The molecule has 64 heavy (non-hydrogen) atoms. The Morgan fingerprint density at radius 2 is 0.812 bits per heavy atom. The number of fused-ring (bicyclic) bond motifs is 12. The van der Waals surface area contributed by atoms with Gasteiger partial charge < -0.3 is 17.8 Å². The van der Waals surface area contributed by atoms with Crippen LogP contribution < -0.4 is 0 Å². The predicted molar refractivity (Wildman–Crippen MR) is 258 cm³/mol. The van der Waals surface area contributed by atoms with E-state index in [-0.39, 0.29) is 0 Å². The maximum Gasteiger partial charge on any atom is 0.164 e. The maximum atomic E-state index is 6.61. The molecule has 0 bridgehead atoms. The van der Waals surface area contributed by atoms with Crippen molar-refractivity contribution in [1.82, 2.24) is 19.5 Å². The fraction of sp³-hybridized carbons (Fsp3) is 0. The van der Waals surface area contributed by atoms with Crippen LogP contribution in [-0.2, 0) is 0 Å². The Bertz CT molecular complexity index is 4080. The average molecular weight is 821 g/mol. The zero-order valence-electron chi connectivity index (χ0n) is 34.0. The number of hydrogen-bond donors (Lipinski definition) is 0. The van der Waals surface area contributed by atoms with Crippen molar-refractivity contribution >= 4 is 87.6 Å². The number of para-hydroxylation sites is 4. The smallest absolute Gasteiger partial charge is 0.164 e. The lowest BCUT2D eigenvalue weighted by Gasteiger charge is -2.10. The number of nitrogens with zero attached hydrogens (tertiary/aromatic N) is 4. The van der Waals surface area contributed by atoms with Crippen LogP contribution in [-0.4, -0.2) is 19.5 Å². The molecule has 9 aromatic carbocycles. The summed E-state index contributed by atoms with van der Waals surface area (Å²) in [7, 11) is 0. The van der Waals surface area contributed by atoms with Gasteiger partial charge in [0.25, 0.3) is 0 Å². The molecule has 7 nitrogen and oxygen atoms in total. The summed E-state index contributed by atoms with van der Waals surface area (Å²) in [5.41, 5.74) is 12.9. The van der Waals surface area contributed by atoms with Gasteiger partial charge in [-0.05, 0) is 90.0 Å². The van der Waals surface area contributed by atoms with Gasteiger partial charge in [-0.15, -0.1) is 0 Å². The quantitative estimate of drug-likeness (QED) is 0.172. The molecule has 0 aliphatic heterocycles. The highest BCUT2D eigenvalue weighted by Crippen LogP contribution is 2.43. The van der Waals surface area contributed by atoms with E-state index in [0.717, 1.165) is 110 Å². The van der Waals surface area contributed by atoms with E-state index >= 15 is 0 Å². The molecule has 5 heterocycles. The van der Waals surface area contributed by atoms with Crippen molar-refractivity contribution in [3.8, 4) is 51.0 Å². The third-order valence-corrected chi connectivity index (χ3v) is 12.7. The number of hydrogen-bond acceptors (Lipinski definition) is 6. The second-order valence-electron chi connectivity index (χ2n) is 16.3. The van der Waals surface area contributed by atoms with Crippen LogP contribution in [0.2, 0.25) is 0 Å². The van der Waals surface area contributed by atoms with E-state index in [1.807, 2.05) is 60.7 Å². The number of rotatable bonds is 5. The highest BCUT2D eigenvalue weighted by molar-refractivity contribution is 6.18. The molecular weight excluding hydrogens is 789 g/mol. The molecule has 0 radical (unpaired) electrons. The van der Waals surface area contributed by atoms with E-state index in [4.69, 9.17) is 28.2 Å². The summed E-state index contributed by atoms with van der Waals surface area (Å²) in [6.07, 6.45) is 0. The molecule has 0 N–H and O–H groups in total. The Labute approximate surface area is 364 Å². The molecular formula is C57H32N4O3. The number of aromatic nitrogens is 4. The molecule has 14 aromatic rings. The normalized spacial score (nSPS) is 12.1. The molecule has 5 aromatic heterocycles. The molecule has 0 spiro atoms. The first-order chi connectivity index (χ1) is 31.7. The average Bonchev–Trinajstić information content (AvgIpc) is 4.12. The summed E-state index contributed by atoms with van der Waals surface area (Å²) in [6, 6.07) is 66.9. The van der Waals surface area contributed by atoms with Gasteiger partial charge in [0, 0.05) is 65.5 Å². The third kappa shape index (κ3) is 5.18. The lowest BCUT2D eigenvalue weighted by Crippen LogP contribution is -2.00. The van der Waals surface area contributed by atoms with E-state index in [1.54, 1.807) is 0 Å². The van der Waals surface area contributed by atoms with Crippen molar-refractivity contribution in [2.75, 3.05) is 0 Å². The standard InChI is InChI=1S/C57H32N4O3/c1-2-12-36(13-3-1)61-45-19-7-4-16-42(45)53-37(17-10-20-46(53)61)33-26-29-49-44(30-33)54-43(18-11-23-50(54)62-49)57-59-55(34-24-27-40-38-14-5-8-21-47(38)63-51(40)31-34)58-56(60-57)35-25-28-41-39-15-6-9-22-48(39)64-52(41)32-35/h1-32H. The van der Waals surface area contributed by atoms with Crippen LogP contribution in [0.5, 0.6) is 0 Å². The van der Waals surface area contributed by atoms with Gasteiger partial charge >= 0.3 is 0 Å². The molecule has 0 atom stereocenters. The molecule has 0 aliphatic carbocycles. The summed E-state index contributed by atoms with van der Waals surface area (Å²) < 4.78 is 21.6. The van der Waals surface area contributed by atoms with Crippen LogP contribution in [0.1, 0.15) is 0 Å². The van der Waals surface area contributed by atoms with Crippen LogP contribution in [0.3, 0.4) is 0 Å². The lowest BCUT2D eigenvalue weighted by molar-refractivity contribution is 0.668. The van der Waals surface area contributed by atoms with E-state index in [1.165, 1.54) is 10.8 Å². The van der Waals surface area contributed by atoms with Crippen molar-refractivity contribution in [3.63, 3.8) is 0 Å². The minimum atomic E-state index is 0.527. The van der Waals surface area contributed by atoms with Crippen molar-refractivity contribution in [2.45, 2.75) is 0 Å². The monoisotopic (exact) mass is 820 g/mol. The first-order valence-corrected chi connectivity index (χ1v) is 21.3. The summed E-state index contributed by atoms with van der Waals surface area (Å²) in [5, 5.41) is 8.51. The van der Waals surface area contributed by atoms with Crippen molar-refractivity contribution in [1.29, 1.82) is 0 Å². The van der Waals surface area contributed by atoms with Crippen LogP contribution in [0.15, 0.2) is 207 Å². The molecule has 0 fully saturated rings. The molecule has 14 rings (SSSR count). The van der Waals surface area contributed by atoms with E-state index in [2.05, 4.69) is 138 Å². The summed E-state index contributed by atoms with van der Waals surface area (Å²) in [5.74, 6) is 1.58. The van der Waals surface area contributed by atoms with Gasteiger partial charge in [-0.3, -0.25) is 0 Å². The maximum absolute atomic E-state index is 6.61. The highest BCUT2D eigenvalue weighted by Gasteiger charge is 2.21. The zero-order valence-corrected chi connectivity index (χ0v) is 34.0. The second kappa shape index (κ2) is 13.3. The van der Waals surface area contributed by atoms with Gasteiger partial charge in [0.2, 0.25) is 0 Å². The molecule has 0 aliphatic rings. The van der Waals surface area contributed by atoms with E-state index < -0.39 is 0 Å². The largest absolute Gasteiger partial charge is 0.456 e. The van der Waals surface area contributed by atoms with Crippen molar-refractivity contribution in [3.05, 3.63) is 194 Å². The highest BCUT2D eigenvalue weighted by atomic mass is 16.3. The SMILES string of the molecule is c1ccc(-n2c3ccccc3c3c(-c4ccc5oc6cccc(-c7nc(-c8ccc9c(c8)oc8ccccc89)nc(-c8ccc9c(c8)oc8ccccc89)n7)c6c5c4)cccc32)cc1. The van der Waals surface area contributed by atoms with Gasteiger partial charge in [0.1, 0.15) is 33.5 Å². The zero-order chi connectivity index (χ0) is 41.9. The Morgan fingerprint density at radius 1 is 0.297 bits per heavy atom. The fourth-order valence-electron chi connectivity index (χ4n) is 9.78. The molecule has 0 saturated carbocycles. The van der Waals surface area contributed by atoms with Crippen LogP contribution in [0, 0.1) is 0 Å². The summed E-state index contributed by atoms with van der Waals surface area (Å²) in [4.78, 5) is 15.6. The van der Waals surface area contributed by atoms with Crippen molar-refractivity contribution < 1.29 is 13.3 Å². The number of benzene rings is 9. The Hall–Kier alpha value is -8.81. The topological polar surface area (TPSA) is 83.0 Å². The van der Waals surface area contributed by atoms with Crippen molar-refractivity contribution in [2.24, 2.45) is 0 Å². The van der Waals surface area contributed by atoms with Crippen LogP contribution in [0.25, 0.3) is 139 Å². The first-order valence-electron chi connectivity index (χ1n) is 21.3. The molecule has 298 valence electrons. The van der Waals surface area contributed by atoms with Crippen LogP contribution >= 0.6 is 0 Å². The van der Waals surface area contributed by atoms with Gasteiger partial charge in [-0.25, -0.2) is 15.0 Å². The van der Waals surface area contributed by atoms with E-state index in [9.17, 15) is 0 Å². The van der Waals surface area contributed by atoms with Gasteiger partial charge in [-0.2, -0.15) is 0 Å². The Morgan fingerprint density at radius 3 is 1.53 bits per heavy atom. The summed E-state index contributed by atoms with van der Waals surface area (Å²) >= 11 is 0. The van der Waals surface area contributed by atoms with Crippen LogP contribution in [0.4, 0.5) is 0 Å². The minimum Gasteiger partial charge on any atom is -0.456 e. The number of furan rings is 3. The summed E-state index contributed by atoms with van der Waals surface area (Å²) in [6.45, 7) is 0. The fourth-order valence-corrected chi connectivity index (χ4v) is 9.78. The van der Waals surface area contributed by atoms with Gasteiger partial charge in [0.15, 0.2) is 17.5 Å². The molecule has 0 amide bonds. The minimum absolute atomic E-state index is 0.527. The Balaban J connectivity index is 0.983. The first kappa shape index (κ1) is 34.9. The lowest BCUT2D eigenvalue weighted by atomic mass is 9.97. The third-order valence-electron chi connectivity index (χ3n) is 12.7. The van der Waals surface area contributed by atoms with Gasteiger partial charge in [0.05, 0.1) is 11.0 Å². The molecule has 0 saturated heterocycles. The Kier molecular flexibility index (Phi) is 7.27. The van der Waals surface area contributed by atoms with E-state index in [0.29, 0.717) is 17.5 Å². The molecule has 7 heteroatoms. The molecule has 0 unspecified atom stereocenters.